The molecule has 0 spiro atoms. The van der Waals surface area contributed by atoms with Gasteiger partial charge in [0.2, 0.25) is 10.0 Å². The first-order valence-corrected chi connectivity index (χ1v) is 9.86. The van der Waals surface area contributed by atoms with Crippen LogP contribution in [-0.4, -0.2) is 34.2 Å². The molecule has 1 fully saturated rings. The van der Waals surface area contributed by atoms with Crippen LogP contribution in [-0.2, 0) is 16.6 Å². The summed E-state index contributed by atoms with van der Waals surface area (Å²) in [5.41, 5.74) is 1.23. The SMILES string of the molecule is CCn1cc(S(=O)(=O)N2CCCCCC2c2cc(C)on2)c(C)n1. The lowest BCUT2D eigenvalue weighted by Crippen LogP contribution is -2.35. The highest BCUT2D eigenvalue weighted by molar-refractivity contribution is 7.89. The van der Waals surface area contributed by atoms with Crippen molar-refractivity contribution in [3.63, 3.8) is 0 Å². The highest BCUT2D eigenvalue weighted by Gasteiger charge is 2.36. The molecule has 3 rings (SSSR count). The van der Waals surface area contributed by atoms with E-state index < -0.39 is 10.0 Å². The highest BCUT2D eigenvalue weighted by Crippen LogP contribution is 2.35. The standard InChI is InChI=1S/C16H24N4O3S/c1-4-19-11-16(13(3)17-19)24(21,22)20-9-7-5-6-8-15(20)14-10-12(2)23-18-14/h10-11,15H,4-9H2,1-3H3. The minimum absolute atomic E-state index is 0.278. The number of aromatic nitrogens is 3. The second-order valence-electron chi connectivity index (χ2n) is 6.28. The van der Waals surface area contributed by atoms with Crippen LogP contribution < -0.4 is 0 Å². The van der Waals surface area contributed by atoms with E-state index in [-0.39, 0.29) is 10.9 Å². The van der Waals surface area contributed by atoms with Gasteiger partial charge in [0.1, 0.15) is 16.3 Å². The number of aryl methyl sites for hydroxylation is 3. The van der Waals surface area contributed by atoms with Gasteiger partial charge in [-0.3, -0.25) is 4.68 Å². The summed E-state index contributed by atoms with van der Waals surface area (Å²) in [6.45, 7) is 6.64. The zero-order valence-corrected chi connectivity index (χ0v) is 15.2. The van der Waals surface area contributed by atoms with Gasteiger partial charge >= 0.3 is 0 Å². The topological polar surface area (TPSA) is 81.2 Å². The van der Waals surface area contributed by atoms with Gasteiger partial charge in [0.05, 0.1) is 11.7 Å². The minimum Gasteiger partial charge on any atom is -0.361 e. The Hall–Kier alpha value is -1.67. The predicted octanol–water partition coefficient (Wildman–Crippen LogP) is 2.81. The van der Waals surface area contributed by atoms with E-state index in [0.717, 1.165) is 25.7 Å². The van der Waals surface area contributed by atoms with Gasteiger partial charge in [0.15, 0.2) is 0 Å². The molecule has 1 saturated heterocycles. The van der Waals surface area contributed by atoms with Gasteiger partial charge in [0, 0.05) is 25.4 Å². The summed E-state index contributed by atoms with van der Waals surface area (Å²) in [6, 6.07) is 1.56. The van der Waals surface area contributed by atoms with Gasteiger partial charge in [-0.15, -0.1) is 0 Å². The summed E-state index contributed by atoms with van der Waals surface area (Å²) in [4.78, 5) is 0.288. The molecule has 2 aromatic rings. The smallest absolute Gasteiger partial charge is 0.247 e. The van der Waals surface area contributed by atoms with E-state index in [2.05, 4.69) is 10.3 Å². The fourth-order valence-electron chi connectivity index (χ4n) is 3.25. The van der Waals surface area contributed by atoms with Crippen molar-refractivity contribution in [1.29, 1.82) is 0 Å². The highest BCUT2D eigenvalue weighted by atomic mass is 32.2. The quantitative estimate of drug-likeness (QED) is 0.845. The maximum Gasteiger partial charge on any atom is 0.247 e. The molecule has 1 aliphatic rings. The van der Waals surface area contributed by atoms with Gasteiger partial charge in [-0.2, -0.15) is 9.40 Å². The maximum atomic E-state index is 13.3. The predicted molar refractivity (Wildman–Crippen MR) is 89.0 cm³/mol. The van der Waals surface area contributed by atoms with Crippen LogP contribution in [0.5, 0.6) is 0 Å². The number of nitrogens with zero attached hydrogens (tertiary/aromatic N) is 4. The Labute approximate surface area is 142 Å². The van der Waals surface area contributed by atoms with E-state index in [1.165, 1.54) is 0 Å². The van der Waals surface area contributed by atoms with Crippen molar-refractivity contribution in [1.82, 2.24) is 19.2 Å². The third kappa shape index (κ3) is 3.12. The Bertz CT molecular complexity index is 809. The average molecular weight is 352 g/mol. The second kappa shape index (κ2) is 6.68. The molecular formula is C16H24N4O3S. The summed E-state index contributed by atoms with van der Waals surface area (Å²) >= 11 is 0. The minimum atomic E-state index is -3.63. The van der Waals surface area contributed by atoms with Crippen molar-refractivity contribution in [2.45, 2.75) is 63.9 Å². The third-order valence-corrected chi connectivity index (χ3v) is 6.51. The molecule has 0 aromatic carbocycles. The first-order valence-electron chi connectivity index (χ1n) is 8.42. The van der Waals surface area contributed by atoms with Gasteiger partial charge in [-0.05, 0) is 33.6 Å². The second-order valence-corrected chi connectivity index (χ2v) is 8.14. The van der Waals surface area contributed by atoms with Crippen molar-refractivity contribution in [3.05, 3.63) is 29.4 Å². The first-order chi connectivity index (χ1) is 11.4. The maximum absolute atomic E-state index is 13.3. The van der Waals surface area contributed by atoms with Crippen molar-refractivity contribution in [2.75, 3.05) is 6.54 Å². The lowest BCUT2D eigenvalue weighted by Gasteiger charge is -2.27. The molecule has 3 heterocycles. The molecule has 1 unspecified atom stereocenters. The normalized spacial score (nSPS) is 20.2. The molecule has 24 heavy (non-hydrogen) atoms. The fourth-order valence-corrected chi connectivity index (χ4v) is 5.09. The molecule has 0 radical (unpaired) electrons. The third-order valence-electron chi connectivity index (χ3n) is 4.50. The Balaban J connectivity index is 2.03. The molecule has 0 amide bonds. The van der Waals surface area contributed by atoms with Crippen LogP contribution in [0.4, 0.5) is 0 Å². The van der Waals surface area contributed by atoms with Crippen LogP contribution in [0.25, 0.3) is 0 Å². The fraction of sp³-hybridized carbons (Fsp3) is 0.625. The van der Waals surface area contributed by atoms with E-state index in [0.29, 0.717) is 30.2 Å². The molecule has 1 atom stereocenters. The molecule has 0 N–H and O–H groups in total. The summed E-state index contributed by atoms with van der Waals surface area (Å²) < 4.78 is 35.0. The van der Waals surface area contributed by atoms with Crippen LogP contribution >= 0.6 is 0 Å². The van der Waals surface area contributed by atoms with E-state index >= 15 is 0 Å². The Morgan fingerprint density at radius 1 is 1.29 bits per heavy atom. The summed E-state index contributed by atoms with van der Waals surface area (Å²) in [5.74, 6) is 0.696. The molecule has 0 saturated carbocycles. The van der Waals surface area contributed by atoms with Crippen molar-refractivity contribution in [2.24, 2.45) is 0 Å². The zero-order valence-electron chi connectivity index (χ0n) is 14.4. The van der Waals surface area contributed by atoms with Gasteiger partial charge in [-0.25, -0.2) is 8.42 Å². The lowest BCUT2D eigenvalue weighted by atomic mass is 10.1. The van der Waals surface area contributed by atoms with E-state index in [4.69, 9.17) is 4.52 Å². The molecule has 2 aromatic heterocycles. The van der Waals surface area contributed by atoms with E-state index in [9.17, 15) is 8.42 Å². The van der Waals surface area contributed by atoms with Crippen molar-refractivity contribution < 1.29 is 12.9 Å². The van der Waals surface area contributed by atoms with Crippen LogP contribution in [0.3, 0.4) is 0 Å². The average Bonchev–Trinajstić information content (AvgIpc) is 3.04. The van der Waals surface area contributed by atoms with Gasteiger partial charge in [0.25, 0.3) is 0 Å². The lowest BCUT2D eigenvalue weighted by molar-refractivity contribution is 0.304. The first kappa shape index (κ1) is 17.2. The van der Waals surface area contributed by atoms with Gasteiger partial charge in [-0.1, -0.05) is 18.0 Å². The summed E-state index contributed by atoms with van der Waals surface area (Å²) in [7, 11) is -3.63. The largest absolute Gasteiger partial charge is 0.361 e. The molecule has 0 aliphatic carbocycles. The molecule has 132 valence electrons. The number of rotatable bonds is 4. The Morgan fingerprint density at radius 3 is 2.71 bits per heavy atom. The van der Waals surface area contributed by atoms with Crippen molar-refractivity contribution in [3.8, 4) is 0 Å². The van der Waals surface area contributed by atoms with Gasteiger partial charge < -0.3 is 4.52 Å². The number of hydrogen-bond donors (Lipinski definition) is 0. The van der Waals surface area contributed by atoms with Crippen LogP contribution in [0.2, 0.25) is 0 Å². The summed E-state index contributed by atoms with van der Waals surface area (Å²) in [5, 5.41) is 8.37. The Kier molecular flexibility index (Phi) is 4.78. The molecule has 8 heteroatoms. The molecule has 1 aliphatic heterocycles. The zero-order chi connectivity index (χ0) is 17.3. The Morgan fingerprint density at radius 2 is 2.08 bits per heavy atom. The monoisotopic (exact) mass is 352 g/mol. The van der Waals surface area contributed by atoms with Crippen LogP contribution in [0.15, 0.2) is 21.7 Å². The number of sulfonamides is 1. The van der Waals surface area contributed by atoms with Crippen molar-refractivity contribution >= 4 is 10.0 Å². The summed E-state index contributed by atoms with van der Waals surface area (Å²) in [6.07, 6.45) is 5.24. The van der Waals surface area contributed by atoms with Crippen LogP contribution in [0.1, 0.15) is 55.8 Å². The molecule has 0 bridgehead atoms. The number of hydrogen-bond acceptors (Lipinski definition) is 5. The molecule has 7 nitrogen and oxygen atoms in total. The van der Waals surface area contributed by atoms with E-state index in [1.807, 2.05) is 19.9 Å². The molecular weight excluding hydrogens is 328 g/mol. The van der Waals surface area contributed by atoms with Crippen LogP contribution in [0, 0.1) is 13.8 Å². The van der Waals surface area contributed by atoms with E-state index in [1.54, 1.807) is 22.1 Å².